The van der Waals surface area contributed by atoms with Crippen LogP contribution in [0.2, 0.25) is 0 Å². The zero-order chi connectivity index (χ0) is 9.56. The Labute approximate surface area is 70.5 Å². The summed E-state index contributed by atoms with van der Waals surface area (Å²) in [5.41, 5.74) is -0.0376. The second-order valence-electron chi connectivity index (χ2n) is 2.42. The maximum absolute atomic E-state index is 10.4. The van der Waals surface area contributed by atoms with E-state index in [0.717, 1.165) is 12.5 Å². The van der Waals surface area contributed by atoms with Gasteiger partial charge < -0.3 is 10.2 Å². The normalized spacial score (nSPS) is 11.2. The molecule has 0 aromatic heterocycles. The Hall–Kier alpha value is -1.32. The number of unbranched alkanes of at least 4 members (excludes halogenated alkanes) is 1. The van der Waals surface area contributed by atoms with Crippen LogP contribution in [0.3, 0.4) is 0 Å². The average Bonchev–Trinajstić information content (AvgIpc) is 1.96. The van der Waals surface area contributed by atoms with Crippen molar-refractivity contribution in [3.05, 3.63) is 11.6 Å². The van der Waals surface area contributed by atoms with E-state index in [9.17, 15) is 9.59 Å². The van der Waals surface area contributed by atoms with Crippen molar-refractivity contribution in [3.63, 3.8) is 0 Å². The number of aliphatic carboxylic acids is 2. The molecule has 0 saturated heterocycles. The van der Waals surface area contributed by atoms with Crippen LogP contribution in [-0.4, -0.2) is 22.2 Å². The van der Waals surface area contributed by atoms with Gasteiger partial charge in [0.25, 0.3) is 0 Å². The number of hydrogen-bond donors (Lipinski definition) is 2. The molecule has 0 aliphatic carbocycles. The van der Waals surface area contributed by atoms with Crippen molar-refractivity contribution in [2.75, 3.05) is 0 Å². The fraction of sp³-hybridized carbons (Fsp3) is 0.500. The molecule has 4 heteroatoms. The van der Waals surface area contributed by atoms with Crippen molar-refractivity contribution in [1.82, 2.24) is 0 Å². The van der Waals surface area contributed by atoms with E-state index < -0.39 is 11.9 Å². The van der Waals surface area contributed by atoms with Crippen LogP contribution in [0.15, 0.2) is 11.6 Å². The quantitative estimate of drug-likeness (QED) is 0.612. The van der Waals surface area contributed by atoms with Gasteiger partial charge in [0.1, 0.15) is 0 Å². The molecule has 2 N–H and O–H groups in total. The van der Waals surface area contributed by atoms with Crippen molar-refractivity contribution in [1.29, 1.82) is 0 Å². The van der Waals surface area contributed by atoms with Crippen LogP contribution in [-0.2, 0) is 9.59 Å². The topological polar surface area (TPSA) is 74.6 Å². The number of carboxylic acids is 2. The second kappa shape index (κ2) is 5.35. The molecular formula is C8H12O4. The van der Waals surface area contributed by atoms with Crippen LogP contribution >= 0.6 is 0 Å². The predicted octanol–water partition coefficient (Wildman–Crippen LogP) is 1.27. The summed E-state index contributed by atoms with van der Waals surface area (Å²) in [6.07, 6.45) is 2.62. The van der Waals surface area contributed by atoms with E-state index in [0.29, 0.717) is 12.8 Å². The first-order valence-corrected chi connectivity index (χ1v) is 3.74. The molecule has 0 saturated carbocycles. The lowest BCUT2D eigenvalue weighted by molar-refractivity contribution is -0.135. The van der Waals surface area contributed by atoms with Gasteiger partial charge in [-0.2, -0.15) is 0 Å². The summed E-state index contributed by atoms with van der Waals surface area (Å²) in [6.45, 7) is 1.92. The van der Waals surface area contributed by atoms with Gasteiger partial charge in [-0.15, -0.1) is 0 Å². The second-order valence-corrected chi connectivity index (χ2v) is 2.42. The first-order chi connectivity index (χ1) is 5.57. The Morgan fingerprint density at radius 3 is 2.25 bits per heavy atom. The molecule has 0 aliphatic heterocycles. The molecule has 0 rings (SSSR count). The van der Waals surface area contributed by atoms with Gasteiger partial charge in [0, 0.05) is 11.6 Å². The van der Waals surface area contributed by atoms with Crippen LogP contribution in [0.4, 0.5) is 0 Å². The third-order valence-electron chi connectivity index (χ3n) is 1.37. The third kappa shape index (κ3) is 4.49. The SMILES string of the molecule is CCCC/C(=C/C(=O)O)C(=O)O. The molecule has 0 amide bonds. The third-order valence-corrected chi connectivity index (χ3v) is 1.37. The Kier molecular flexibility index (Phi) is 4.76. The molecule has 0 aromatic rings. The highest BCUT2D eigenvalue weighted by Gasteiger charge is 2.07. The molecular weight excluding hydrogens is 160 g/mol. The van der Waals surface area contributed by atoms with Crippen molar-refractivity contribution >= 4 is 11.9 Å². The monoisotopic (exact) mass is 172 g/mol. The zero-order valence-electron chi connectivity index (χ0n) is 6.91. The van der Waals surface area contributed by atoms with Gasteiger partial charge in [-0.25, -0.2) is 9.59 Å². The lowest BCUT2D eigenvalue weighted by Gasteiger charge is -1.97. The first kappa shape index (κ1) is 10.7. The lowest BCUT2D eigenvalue weighted by Crippen LogP contribution is -2.03. The molecule has 0 radical (unpaired) electrons. The summed E-state index contributed by atoms with van der Waals surface area (Å²) in [5.74, 6) is -2.35. The minimum Gasteiger partial charge on any atom is -0.478 e. The van der Waals surface area contributed by atoms with Crippen LogP contribution in [0.25, 0.3) is 0 Å². The fourth-order valence-electron chi connectivity index (χ4n) is 0.757. The molecule has 68 valence electrons. The van der Waals surface area contributed by atoms with Gasteiger partial charge in [0.15, 0.2) is 0 Å². The summed E-state index contributed by atoms with van der Waals surface area (Å²) in [4.78, 5) is 20.5. The van der Waals surface area contributed by atoms with Gasteiger partial charge in [-0.1, -0.05) is 13.3 Å². The standard InChI is InChI=1S/C8H12O4/c1-2-3-4-6(8(11)12)5-7(9)10/h5H,2-4H2,1H3,(H,9,10)(H,11,12)/b6-5-. The molecule has 4 nitrogen and oxygen atoms in total. The maximum Gasteiger partial charge on any atom is 0.331 e. The van der Waals surface area contributed by atoms with E-state index in [1.54, 1.807) is 0 Å². The minimum atomic E-state index is -1.21. The fourth-order valence-corrected chi connectivity index (χ4v) is 0.757. The Morgan fingerprint density at radius 2 is 1.92 bits per heavy atom. The van der Waals surface area contributed by atoms with Crippen molar-refractivity contribution < 1.29 is 19.8 Å². The smallest absolute Gasteiger partial charge is 0.331 e. The Morgan fingerprint density at radius 1 is 1.33 bits per heavy atom. The van der Waals surface area contributed by atoms with Crippen molar-refractivity contribution in [2.24, 2.45) is 0 Å². The van der Waals surface area contributed by atoms with Gasteiger partial charge in [-0.05, 0) is 12.8 Å². The summed E-state index contributed by atoms with van der Waals surface area (Å²) in [6, 6.07) is 0. The van der Waals surface area contributed by atoms with E-state index in [-0.39, 0.29) is 5.57 Å². The number of rotatable bonds is 5. The number of hydrogen-bond acceptors (Lipinski definition) is 2. The van der Waals surface area contributed by atoms with Crippen molar-refractivity contribution in [3.8, 4) is 0 Å². The summed E-state index contributed by atoms with van der Waals surface area (Å²) in [7, 11) is 0. The molecule has 12 heavy (non-hydrogen) atoms. The zero-order valence-corrected chi connectivity index (χ0v) is 6.91. The molecule has 0 heterocycles. The van der Waals surface area contributed by atoms with Gasteiger partial charge in [-0.3, -0.25) is 0 Å². The predicted molar refractivity (Wildman–Crippen MR) is 42.9 cm³/mol. The molecule has 0 aromatic carbocycles. The molecule has 0 atom stereocenters. The molecule has 0 fully saturated rings. The highest BCUT2D eigenvalue weighted by molar-refractivity contribution is 5.94. The van der Waals surface area contributed by atoms with Gasteiger partial charge in [0.2, 0.25) is 0 Å². The van der Waals surface area contributed by atoms with Gasteiger partial charge in [0.05, 0.1) is 0 Å². The van der Waals surface area contributed by atoms with Crippen LogP contribution in [0, 0.1) is 0 Å². The number of carbonyl (C=O) groups is 2. The maximum atomic E-state index is 10.4. The Bertz CT molecular complexity index is 205. The average molecular weight is 172 g/mol. The van der Waals surface area contributed by atoms with Crippen molar-refractivity contribution in [2.45, 2.75) is 26.2 Å². The Balaban J connectivity index is 4.23. The minimum absolute atomic E-state index is 0.0376. The largest absolute Gasteiger partial charge is 0.478 e. The molecule has 0 bridgehead atoms. The molecule has 0 spiro atoms. The van der Waals surface area contributed by atoms with Gasteiger partial charge >= 0.3 is 11.9 Å². The summed E-state index contributed by atoms with van der Waals surface area (Å²) in [5, 5.41) is 16.8. The van der Waals surface area contributed by atoms with E-state index in [1.807, 2.05) is 6.92 Å². The first-order valence-electron chi connectivity index (χ1n) is 3.74. The number of carboxylic acid groups (broad SMARTS) is 2. The highest BCUT2D eigenvalue weighted by atomic mass is 16.4. The van der Waals surface area contributed by atoms with Crippen LogP contribution < -0.4 is 0 Å². The van der Waals surface area contributed by atoms with E-state index in [4.69, 9.17) is 10.2 Å². The van der Waals surface area contributed by atoms with E-state index >= 15 is 0 Å². The van der Waals surface area contributed by atoms with Crippen LogP contribution in [0.1, 0.15) is 26.2 Å². The molecule has 0 unspecified atom stereocenters. The lowest BCUT2D eigenvalue weighted by atomic mass is 10.1. The summed E-state index contributed by atoms with van der Waals surface area (Å²) < 4.78 is 0. The van der Waals surface area contributed by atoms with Crippen LogP contribution in [0.5, 0.6) is 0 Å². The highest BCUT2D eigenvalue weighted by Crippen LogP contribution is 2.06. The van der Waals surface area contributed by atoms with E-state index in [2.05, 4.69) is 0 Å². The molecule has 0 aliphatic rings. The summed E-state index contributed by atoms with van der Waals surface area (Å²) >= 11 is 0. The van der Waals surface area contributed by atoms with E-state index in [1.165, 1.54) is 0 Å².